The number of nitrogens with zero attached hydrogens (tertiary/aromatic N) is 1. The van der Waals surface area contributed by atoms with Crippen LogP contribution in [0.3, 0.4) is 0 Å². The van der Waals surface area contributed by atoms with Crippen LogP contribution in [0.2, 0.25) is 0 Å². The van der Waals surface area contributed by atoms with Gasteiger partial charge in [0.05, 0.1) is 6.07 Å². The fraction of sp³-hybridized carbons (Fsp3) is 0. The van der Waals surface area contributed by atoms with Crippen molar-refractivity contribution in [1.82, 2.24) is 4.98 Å². The van der Waals surface area contributed by atoms with E-state index in [9.17, 15) is 0 Å². The molecule has 0 fully saturated rings. The summed E-state index contributed by atoms with van der Waals surface area (Å²) in [5.41, 5.74) is 4.12. The molecule has 0 aliphatic carbocycles. The average Bonchev–Trinajstić information content (AvgIpc) is 2.93. The first-order chi connectivity index (χ1) is 9.38. The van der Waals surface area contributed by atoms with Gasteiger partial charge in [-0.05, 0) is 34.2 Å². The molecular formula is C17H12N2. The van der Waals surface area contributed by atoms with Crippen LogP contribution < -0.4 is 0 Å². The standard InChI is InChI=1S/C17H12N2/c18-10-8-16(13-4-2-1-3-5-13)15-7-6-14-9-11-19-17(14)12-15/h1-9,11-12,19H/b16-8-. The van der Waals surface area contributed by atoms with Crippen LogP contribution in [-0.4, -0.2) is 4.98 Å². The zero-order valence-electron chi connectivity index (χ0n) is 10.3. The molecule has 0 atom stereocenters. The Hall–Kier alpha value is -2.79. The number of benzene rings is 2. The fourth-order valence-corrected chi connectivity index (χ4v) is 2.23. The summed E-state index contributed by atoms with van der Waals surface area (Å²) < 4.78 is 0. The number of aromatic amines is 1. The molecule has 1 aromatic heterocycles. The zero-order chi connectivity index (χ0) is 13.1. The van der Waals surface area contributed by atoms with Gasteiger partial charge in [0.1, 0.15) is 0 Å². The topological polar surface area (TPSA) is 39.6 Å². The van der Waals surface area contributed by atoms with Crippen LogP contribution in [0, 0.1) is 11.3 Å². The van der Waals surface area contributed by atoms with Gasteiger partial charge in [0.25, 0.3) is 0 Å². The first kappa shape index (κ1) is 11.3. The minimum Gasteiger partial charge on any atom is -0.361 e. The molecule has 90 valence electrons. The summed E-state index contributed by atoms with van der Waals surface area (Å²) in [6.45, 7) is 0. The van der Waals surface area contributed by atoms with Crippen LogP contribution in [0.25, 0.3) is 16.5 Å². The van der Waals surface area contributed by atoms with Gasteiger partial charge in [0, 0.05) is 17.8 Å². The number of hydrogen-bond acceptors (Lipinski definition) is 1. The minimum absolute atomic E-state index is 0.944. The number of allylic oxidation sites excluding steroid dienone is 1. The van der Waals surface area contributed by atoms with Gasteiger partial charge < -0.3 is 4.98 Å². The Morgan fingerprint density at radius 1 is 1.00 bits per heavy atom. The first-order valence-electron chi connectivity index (χ1n) is 6.11. The van der Waals surface area contributed by atoms with Gasteiger partial charge in [-0.1, -0.05) is 42.5 Å². The molecule has 3 rings (SSSR count). The highest BCUT2D eigenvalue weighted by molar-refractivity contribution is 5.88. The molecule has 0 bridgehead atoms. The average molecular weight is 244 g/mol. The maximum atomic E-state index is 9.00. The summed E-state index contributed by atoms with van der Waals surface area (Å²) in [6.07, 6.45) is 3.52. The molecule has 0 aliphatic rings. The number of nitrogens with one attached hydrogen (secondary N) is 1. The second kappa shape index (κ2) is 4.83. The van der Waals surface area contributed by atoms with Gasteiger partial charge >= 0.3 is 0 Å². The predicted molar refractivity (Wildman–Crippen MR) is 77.4 cm³/mol. The van der Waals surface area contributed by atoms with Crippen LogP contribution >= 0.6 is 0 Å². The molecule has 2 heteroatoms. The van der Waals surface area contributed by atoms with Crippen molar-refractivity contribution in [2.45, 2.75) is 0 Å². The number of H-pyrrole nitrogens is 1. The van der Waals surface area contributed by atoms with E-state index in [0.29, 0.717) is 0 Å². The van der Waals surface area contributed by atoms with Gasteiger partial charge in [-0.15, -0.1) is 0 Å². The number of hydrogen-bond donors (Lipinski definition) is 1. The van der Waals surface area contributed by atoms with Crippen LogP contribution in [0.1, 0.15) is 11.1 Å². The highest BCUT2D eigenvalue weighted by Gasteiger charge is 2.05. The van der Waals surface area contributed by atoms with Gasteiger partial charge in [0.15, 0.2) is 0 Å². The lowest BCUT2D eigenvalue weighted by Crippen LogP contribution is -1.87. The van der Waals surface area contributed by atoms with Crippen LogP contribution in [0.5, 0.6) is 0 Å². The highest BCUT2D eigenvalue weighted by Crippen LogP contribution is 2.25. The van der Waals surface area contributed by atoms with Crippen molar-refractivity contribution < 1.29 is 0 Å². The van der Waals surface area contributed by atoms with Crippen molar-refractivity contribution in [3.05, 3.63) is 78.0 Å². The molecule has 0 unspecified atom stereocenters. The maximum Gasteiger partial charge on any atom is 0.0918 e. The third-order valence-corrected chi connectivity index (χ3v) is 3.16. The summed E-state index contributed by atoms with van der Waals surface area (Å²) in [5, 5.41) is 10.2. The second-order valence-corrected chi connectivity index (χ2v) is 4.33. The largest absolute Gasteiger partial charge is 0.361 e. The lowest BCUT2D eigenvalue weighted by molar-refractivity contribution is 1.47. The Labute approximate surface area is 111 Å². The third-order valence-electron chi connectivity index (χ3n) is 3.16. The Bertz CT molecular complexity index is 774. The van der Waals surface area contributed by atoms with Gasteiger partial charge in [0.2, 0.25) is 0 Å². The Morgan fingerprint density at radius 3 is 2.63 bits per heavy atom. The Balaban J connectivity index is 2.15. The van der Waals surface area contributed by atoms with Crippen molar-refractivity contribution >= 4 is 16.5 Å². The van der Waals surface area contributed by atoms with E-state index in [0.717, 1.165) is 22.2 Å². The number of rotatable bonds is 2. The lowest BCUT2D eigenvalue weighted by Gasteiger charge is -2.07. The molecule has 1 heterocycles. The summed E-state index contributed by atoms with van der Waals surface area (Å²) in [7, 11) is 0. The molecule has 0 radical (unpaired) electrons. The minimum atomic E-state index is 0.944. The fourth-order valence-electron chi connectivity index (χ4n) is 2.23. The molecule has 2 aromatic carbocycles. The monoisotopic (exact) mass is 244 g/mol. The van der Waals surface area contributed by atoms with E-state index in [1.807, 2.05) is 48.7 Å². The molecular weight excluding hydrogens is 232 g/mol. The third kappa shape index (κ3) is 2.14. The van der Waals surface area contributed by atoms with E-state index < -0.39 is 0 Å². The molecule has 0 saturated heterocycles. The van der Waals surface area contributed by atoms with Crippen molar-refractivity contribution in [1.29, 1.82) is 5.26 Å². The quantitative estimate of drug-likeness (QED) is 0.676. The van der Waals surface area contributed by atoms with Crippen LogP contribution in [0.15, 0.2) is 66.9 Å². The first-order valence-corrected chi connectivity index (χ1v) is 6.11. The van der Waals surface area contributed by atoms with E-state index >= 15 is 0 Å². The molecule has 0 aliphatic heterocycles. The van der Waals surface area contributed by atoms with E-state index in [-0.39, 0.29) is 0 Å². The normalized spacial score (nSPS) is 11.4. The smallest absolute Gasteiger partial charge is 0.0918 e. The summed E-state index contributed by atoms with van der Waals surface area (Å²) >= 11 is 0. The molecule has 3 aromatic rings. The van der Waals surface area contributed by atoms with E-state index in [4.69, 9.17) is 5.26 Å². The summed E-state index contributed by atoms with van der Waals surface area (Å²) in [4.78, 5) is 3.20. The van der Waals surface area contributed by atoms with Crippen LogP contribution in [-0.2, 0) is 0 Å². The van der Waals surface area contributed by atoms with Gasteiger partial charge in [-0.2, -0.15) is 5.26 Å². The number of nitriles is 1. The number of aromatic nitrogens is 1. The predicted octanol–water partition coefficient (Wildman–Crippen LogP) is 4.12. The molecule has 0 spiro atoms. The van der Waals surface area contributed by atoms with Crippen LogP contribution in [0.4, 0.5) is 0 Å². The summed E-state index contributed by atoms with van der Waals surface area (Å²) in [6, 6.07) is 20.3. The lowest BCUT2D eigenvalue weighted by atomic mass is 9.97. The zero-order valence-corrected chi connectivity index (χ0v) is 10.3. The second-order valence-electron chi connectivity index (χ2n) is 4.33. The van der Waals surface area contributed by atoms with Crippen molar-refractivity contribution in [2.75, 3.05) is 0 Å². The molecule has 0 saturated carbocycles. The van der Waals surface area contributed by atoms with Crippen molar-refractivity contribution in [3.63, 3.8) is 0 Å². The van der Waals surface area contributed by atoms with Gasteiger partial charge in [-0.25, -0.2) is 0 Å². The van der Waals surface area contributed by atoms with E-state index in [2.05, 4.69) is 23.2 Å². The van der Waals surface area contributed by atoms with E-state index in [1.165, 1.54) is 5.39 Å². The summed E-state index contributed by atoms with van der Waals surface area (Å²) in [5.74, 6) is 0. The molecule has 0 amide bonds. The van der Waals surface area contributed by atoms with E-state index in [1.54, 1.807) is 6.08 Å². The van der Waals surface area contributed by atoms with Crippen molar-refractivity contribution in [2.24, 2.45) is 0 Å². The highest BCUT2D eigenvalue weighted by atomic mass is 14.7. The Morgan fingerprint density at radius 2 is 1.84 bits per heavy atom. The van der Waals surface area contributed by atoms with Crippen molar-refractivity contribution in [3.8, 4) is 6.07 Å². The number of fused-ring (bicyclic) bond motifs is 1. The van der Waals surface area contributed by atoms with Gasteiger partial charge in [-0.3, -0.25) is 0 Å². The maximum absolute atomic E-state index is 9.00. The SMILES string of the molecule is N#C/C=C(/c1ccccc1)c1ccc2cc[nH]c2c1. The Kier molecular flexibility index (Phi) is 2.88. The molecule has 19 heavy (non-hydrogen) atoms. The molecule has 1 N–H and O–H groups in total. The molecule has 2 nitrogen and oxygen atoms in total.